The van der Waals surface area contributed by atoms with Crippen LogP contribution in [0.3, 0.4) is 0 Å². The molecule has 0 aromatic carbocycles. The van der Waals surface area contributed by atoms with Gasteiger partial charge in [-0.25, -0.2) is 4.79 Å². The minimum atomic E-state index is -0.244. The topological polar surface area (TPSA) is 59.4 Å². The number of ether oxygens (including phenoxy) is 1. The van der Waals surface area contributed by atoms with Crippen molar-refractivity contribution >= 4 is 11.8 Å². The zero-order valence-electron chi connectivity index (χ0n) is 14.1. The number of nitrogens with one attached hydrogen (secondary N) is 1. The third kappa shape index (κ3) is 4.47. The highest BCUT2D eigenvalue weighted by molar-refractivity contribution is 5.88. The van der Waals surface area contributed by atoms with Gasteiger partial charge in [0.25, 0.3) is 0 Å². The first-order chi connectivity index (χ1) is 10.4. The van der Waals surface area contributed by atoms with E-state index in [-0.39, 0.29) is 11.6 Å². The fourth-order valence-corrected chi connectivity index (χ4v) is 2.45. The van der Waals surface area contributed by atoms with Gasteiger partial charge in [0.2, 0.25) is 0 Å². The smallest absolute Gasteiger partial charge is 0.323 e. The van der Waals surface area contributed by atoms with Crippen molar-refractivity contribution in [2.24, 2.45) is 5.92 Å². The lowest BCUT2D eigenvalue weighted by molar-refractivity contribution is -0.0860. The third-order valence-electron chi connectivity index (χ3n) is 4.18. The molecule has 1 N–H and O–H groups in total. The van der Waals surface area contributed by atoms with E-state index in [4.69, 9.17) is 4.74 Å². The molecule has 1 fully saturated rings. The molecule has 2 rings (SSSR count). The molecule has 0 aliphatic carbocycles. The number of nitrogens with zero attached hydrogens (tertiary/aromatic N) is 3. The van der Waals surface area contributed by atoms with E-state index in [1.807, 2.05) is 23.9 Å². The maximum Gasteiger partial charge on any atom is 0.323 e. The molecular weight excluding hydrogens is 280 g/mol. The van der Waals surface area contributed by atoms with Crippen LogP contribution in [0.4, 0.5) is 10.6 Å². The fraction of sp³-hybridized carbons (Fsp3) is 0.750. The van der Waals surface area contributed by atoms with Crippen molar-refractivity contribution in [2.45, 2.75) is 52.7 Å². The Labute approximate surface area is 132 Å². The monoisotopic (exact) mass is 308 g/mol. The van der Waals surface area contributed by atoms with Gasteiger partial charge < -0.3 is 9.64 Å². The Hall–Kier alpha value is -1.56. The molecule has 124 valence electrons. The molecule has 1 aromatic rings. The number of hydrogen-bond donors (Lipinski definition) is 1. The fourth-order valence-electron chi connectivity index (χ4n) is 2.45. The van der Waals surface area contributed by atoms with Crippen LogP contribution in [0, 0.1) is 5.92 Å². The van der Waals surface area contributed by atoms with Gasteiger partial charge >= 0.3 is 6.03 Å². The van der Waals surface area contributed by atoms with Gasteiger partial charge in [-0.1, -0.05) is 20.8 Å². The maximum absolute atomic E-state index is 12.4. The van der Waals surface area contributed by atoms with Crippen LogP contribution in [0.1, 0.15) is 40.5 Å². The number of hydrogen-bond acceptors (Lipinski definition) is 3. The number of amides is 2. The largest absolute Gasteiger partial charge is 0.372 e. The molecule has 2 amide bonds. The Balaban J connectivity index is 1.89. The zero-order valence-corrected chi connectivity index (χ0v) is 14.1. The van der Waals surface area contributed by atoms with Gasteiger partial charge in [-0.05, 0) is 25.7 Å². The van der Waals surface area contributed by atoms with Crippen LogP contribution in [0.15, 0.2) is 12.3 Å². The van der Waals surface area contributed by atoms with Crippen molar-refractivity contribution in [3.05, 3.63) is 12.3 Å². The molecule has 1 saturated heterocycles. The van der Waals surface area contributed by atoms with Crippen LogP contribution in [0.2, 0.25) is 0 Å². The summed E-state index contributed by atoms with van der Waals surface area (Å²) in [6.45, 7) is 11.2. The number of anilines is 1. The average molecular weight is 308 g/mol. The lowest BCUT2D eigenvalue weighted by Crippen LogP contribution is -2.53. The van der Waals surface area contributed by atoms with Gasteiger partial charge in [-0.15, -0.1) is 0 Å². The van der Waals surface area contributed by atoms with Crippen LogP contribution in [-0.2, 0) is 11.3 Å². The van der Waals surface area contributed by atoms with Crippen molar-refractivity contribution in [2.75, 3.05) is 25.0 Å². The molecule has 0 bridgehead atoms. The first-order valence-electron chi connectivity index (χ1n) is 8.15. The van der Waals surface area contributed by atoms with Gasteiger partial charge in [0, 0.05) is 25.4 Å². The summed E-state index contributed by atoms with van der Waals surface area (Å²) in [4.78, 5) is 14.2. The predicted octanol–water partition coefficient (Wildman–Crippen LogP) is 2.96. The summed E-state index contributed by atoms with van der Waals surface area (Å²) in [6.07, 6.45) is 3.88. The molecule has 0 saturated carbocycles. The molecule has 6 heteroatoms. The van der Waals surface area contributed by atoms with Crippen LogP contribution < -0.4 is 5.32 Å². The highest BCUT2D eigenvalue weighted by atomic mass is 16.5. The van der Waals surface area contributed by atoms with E-state index in [2.05, 4.69) is 31.2 Å². The first kappa shape index (κ1) is 16.8. The Morgan fingerprint density at radius 2 is 2.32 bits per heavy atom. The maximum atomic E-state index is 12.4. The summed E-state index contributed by atoms with van der Waals surface area (Å²) < 4.78 is 7.64. The molecule has 2 heterocycles. The van der Waals surface area contributed by atoms with E-state index in [0.29, 0.717) is 31.4 Å². The minimum absolute atomic E-state index is 0.0999. The summed E-state index contributed by atoms with van der Waals surface area (Å²) in [7, 11) is 0. The highest BCUT2D eigenvalue weighted by Gasteiger charge is 2.32. The van der Waals surface area contributed by atoms with Crippen molar-refractivity contribution in [3.8, 4) is 0 Å². The molecule has 0 unspecified atom stereocenters. The van der Waals surface area contributed by atoms with Crippen molar-refractivity contribution in [1.29, 1.82) is 0 Å². The molecular formula is C16H28N4O2. The standard InChI is InChI=1S/C16H28N4O2/c1-5-16(4)12-19(10-11-22-16)15(21)17-14-7-9-20(18-14)8-6-13(2)3/h7,9,13H,5-6,8,10-12H2,1-4H3,(H,17,18,21)/t16-/m1/s1. The van der Waals surface area contributed by atoms with Gasteiger partial charge in [0.1, 0.15) is 0 Å². The summed E-state index contributed by atoms with van der Waals surface area (Å²) in [6, 6.07) is 1.75. The van der Waals surface area contributed by atoms with E-state index in [0.717, 1.165) is 19.4 Å². The molecule has 0 radical (unpaired) electrons. The van der Waals surface area contributed by atoms with Gasteiger partial charge in [0.05, 0.1) is 18.8 Å². The van der Waals surface area contributed by atoms with Gasteiger partial charge in [0.15, 0.2) is 5.82 Å². The number of rotatable bonds is 5. The summed E-state index contributed by atoms with van der Waals surface area (Å²) in [5, 5.41) is 7.28. The summed E-state index contributed by atoms with van der Waals surface area (Å²) in [5.74, 6) is 1.25. The zero-order chi connectivity index (χ0) is 16.2. The Morgan fingerprint density at radius 1 is 1.55 bits per heavy atom. The number of aromatic nitrogens is 2. The van der Waals surface area contributed by atoms with Crippen molar-refractivity contribution in [1.82, 2.24) is 14.7 Å². The molecule has 6 nitrogen and oxygen atoms in total. The van der Waals surface area contributed by atoms with Crippen molar-refractivity contribution in [3.63, 3.8) is 0 Å². The molecule has 1 aliphatic rings. The Kier molecular flexibility index (Phi) is 5.45. The van der Waals surface area contributed by atoms with Crippen LogP contribution >= 0.6 is 0 Å². The first-order valence-corrected chi connectivity index (χ1v) is 8.15. The minimum Gasteiger partial charge on any atom is -0.372 e. The van der Waals surface area contributed by atoms with Crippen LogP contribution in [0.25, 0.3) is 0 Å². The molecule has 1 aromatic heterocycles. The van der Waals surface area contributed by atoms with E-state index in [1.54, 1.807) is 4.90 Å². The predicted molar refractivity (Wildman–Crippen MR) is 86.9 cm³/mol. The summed E-state index contributed by atoms with van der Waals surface area (Å²) in [5.41, 5.74) is -0.244. The lowest BCUT2D eigenvalue weighted by atomic mass is 10.0. The lowest BCUT2D eigenvalue weighted by Gasteiger charge is -2.39. The SMILES string of the molecule is CC[C@]1(C)CN(C(=O)Nc2ccn(CCC(C)C)n2)CCO1. The Morgan fingerprint density at radius 3 is 3.00 bits per heavy atom. The number of carbonyl (C=O) groups is 1. The van der Waals surface area contributed by atoms with Crippen LogP contribution in [-0.4, -0.2) is 46.0 Å². The quantitative estimate of drug-likeness (QED) is 0.909. The summed E-state index contributed by atoms with van der Waals surface area (Å²) >= 11 is 0. The number of carbonyl (C=O) groups excluding carboxylic acids is 1. The van der Waals surface area contributed by atoms with E-state index in [9.17, 15) is 4.79 Å². The average Bonchev–Trinajstić information content (AvgIpc) is 2.93. The number of urea groups is 1. The second kappa shape index (κ2) is 7.13. The molecule has 1 atom stereocenters. The van der Waals surface area contributed by atoms with E-state index < -0.39 is 0 Å². The van der Waals surface area contributed by atoms with E-state index in [1.165, 1.54) is 0 Å². The number of aryl methyl sites for hydroxylation is 1. The van der Waals surface area contributed by atoms with E-state index >= 15 is 0 Å². The van der Waals surface area contributed by atoms with Gasteiger partial charge in [-0.2, -0.15) is 5.10 Å². The highest BCUT2D eigenvalue weighted by Crippen LogP contribution is 2.21. The molecule has 0 spiro atoms. The third-order valence-corrected chi connectivity index (χ3v) is 4.18. The van der Waals surface area contributed by atoms with Crippen LogP contribution in [0.5, 0.6) is 0 Å². The Bertz CT molecular complexity index is 500. The molecule has 1 aliphatic heterocycles. The second-order valence-electron chi connectivity index (χ2n) is 6.65. The molecule has 22 heavy (non-hydrogen) atoms. The van der Waals surface area contributed by atoms with Crippen molar-refractivity contribution < 1.29 is 9.53 Å². The normalized spacial score (nSPS) is 22.1. The number of morpholine rings is 1. The van der Waals surface area contributed by atoms with Gasteiger partial charge in [-0.3, -0.25) is 10.00 Å². The second-order valence-corrected chi connectivity index (χ2v) is 6.65.